The van der Waals surface area contributed by atoms with E-state index in [2.05, 4.69) is 42.3 Å². The number of benzene rings is 1. The summed E-state index contributed by atoms with van der Waals surface area (Å²) in [7, 11) is 0. The molecule has 2 rings (SSSR count). The average Bonchev–Trinajstić information content (AvgIpc) is 2.77. The van der Waals surface area contributed by atoms with E-state index in [0.29, 0.717) is 6.42 Å². The summed E-state index contributed by atoms with van der Waals surface area (Å²) in [5.74, 6) is 0.0173. The minimum absolute atomic E-state index is 0.0159. The predicted molar refractivity (Wildman–Crippen MR) is 83.0 cm³/mol. The summed E-state index contributed by atoms with van der Waals surface area (Å²) in [5, 5.41) is 5.99. The van der Waals surface area contributed by atoms with Gasteiger partial charge in [0.15, 0.2) is 0 Å². The average molecular weight is 288 g/mol. The lowest BCUT2D eigenvalue weighted by molar-refractivity contribution is -0.121. The molecule has 0 aliphatic carbocycles. The number of carbonyl (C=O) groups is 1. The van der Waals surface area contributed by atoms with Crippen LogP contribution in [0.15, 0.2) is 23.6 Å². The van der Waals surface area contributed by atoms with E-state index in [1.165, 1.54) is 16.7 Å². The first-order chi connectivity index (χ1) is 9.45. The summed E-state index contributed by atoms with van der Waals surface area (Å²) < 4.78 is 0. The van der Waals surface area contributed by atoms with Gasteiger partial charge in [-0.1, -0.05) is 23.8 Å². The Kier molecular flexibility index (Phi) is 4.55. The second kappa shape index (κ2) is 6.18. The number of aryl methyl sites for hydroxylation is 3. The fraction of sp³-hybridized carbons (Fsp3) is 0.375. The SMILES string of the molecule is Cc1ccc(C)c(C(C)NC(=O)Cc2csc(C)n2)c1. The van der Waals surface area contributed by atoms with Crippen LogP contribution in [-0.4, -0.2) is 10.9 Å². The third kappa shape index (κ3) is 3.67. The first-order valence-corrected chi connectivity index (χ1v) is 7.61. The van der Waals surface area contributed by atoms with Crippen LogP contribution in [0.1, 0.15) is 40.4 Å². The van der Waals surface area contributed by atoms with E-state index in [9.17, 15) is 4.79 Å². The van der Waals surface area contributed by atoms with Crippen molar-refractivity contribution in [3.63, 3.8) is 0 Å². The number of rotatable bonds is 4. The summed E-state index contributed by atoms with van der Waals surface area (Å²) in [5.41, 5.74) is 4.43. The predicted octanol–water partition coefficient (Wildman–Crippen LogP) is 3.49. The molecule has 0 spiro atoms. The Morgan fingerprint density at radius 1 is 1.35 bits per heavy atom. The number of amides is 1. The molecule has 1 amide bonds. The van der Waals surface area contributed by atoms with Gasteiger partial charge in [0, 0.05) is 5.38 Å². The van der Waals surface area contributed by atoms with Crippen molar-refractivity contribution in [2.75, 3.05) is 0 Å². The number of carbonyl (C=O) groups excluding carboxylic acids is 1. The Morgan fingerprint density at radius 2 is 2.10 bits per heavy atom. The zero-order valence-electron chi connectivity index (χ0n) is 12.4. The van der Waals surface area contributed by atoms with E-state index in [0.717, 1.165) is 10.7 Å². The standard InChI is InChI=1S/C16H20N2OS/c1-10-5-6-11(2)15(7-10)12(3)17-16(19)8-14-9-20-13(4)18-14/h5-7,9,12H,8H2,1-4H3,(H,17,19). The van der Waals surface area contributed by atoms with Crippen LogP contribution in [0.4, 0.5) is 0 Å². The Hall–Kier alpha value is -1.68. The molecule has 1 unspecified atom stereocenters. The quantitative estimate of drug-likeness (QED) is 0.935. The minimum atomic E-state index is 0.0159. The van der Waals surface area contributed by atoms with E-state index in [-0.39, 0.29) is 11.9 Å². The van der Waals surface area contributed by atoms with Gasteiger partial charge in [0.25, 0.3) is 0 Å². The van der Waals surface area contributed by atoms with Gasteiger partial charge >= 0.3 is 0 Å². The van der Waals surface area contributed by atoms with Crippen molar-refractivity contribution in [2.45, 2.75) is 40.2 Å². The lowest BCUT2D eigenvalue weighted by Gasteiger charge is -2.17. The van der Waals surface area contributed by atoms with Gasteiger partial charge in [-0.05, 0) is 38.8 Å². The van der Waals surface area contributed by atoms with Crippen molar-refractivity contribution >= 4 is 17.2 Å². The Balaban J connectivity index is 2.01. The third-order valence-electron chi connectivity index (χ3n) is 3.29. The molecular weight excluding hydrogens is 268 g/mol. The number of nitrogens with one attached hydrogen (secondary N) is 1. The lowest BCUT2D eigenvalue weighted by atomic mass is 10.00. The fourth-order valence-electron chi connectivity index (χ4n) is 2.25. The molecule has 1 heterocycles. The van der Waals surface area contributed by atoms with Gasteiger partial charge < -0.3 is 5.32 Å². The smallest absolute Gasteiger partial charge is 0.226 e. The van der Waals surface area contributed by atoms with Crippen molar-refractivity contribution in [1.82, 2.24) is 10.3 Å². The van der Waals surface area contributed by atoms with Crippen LogP contribution < -0.4 is 5.32 Å². The van der Waals surface area contributed by atoms with Crippen LogP contribution in [0.5, 0.6) is 0 Å². The van der Waals surface area contributed by atoms with Crippen LogP contribution in [0.3, 0.4) is 0 Å². The van der Waals surface area contributed by atoms with E-state index in [1.54, 1.807) is 11.3 Å². The molecule has 1 aromatic heterocycles. The first-order valence-electron chi connectivity index (χ1n) is 6.73. The van der Waals surface area contributed by atoms with Crippen LogP contribution >= 0.6 is 11.3 Å². The Bertz CT molecular complexity index is 619. The van der Waals surface area contributed by atoms with Gasteiger partial charge in [-0.15, -0.1) is 11.3 Å². The highest BCUT2D eigenvalue weighted by atomic mass is 32.1. The van der Waals surface area contributed by atoms with Crippen LogP contribution in [0.25, 0.3) is 0 Å². The Morgan fingerprint density at radius 3 is 2.75 bits per heavy atom. The fourth-order valence-corrected chi connectivity index (χ4v) is 2.86. The molecule has 0 saturated carbocycles. The van der Waals surface area contributed by atoms with Gasteiger partial charge in [0.05, 0.1) is 23.2 Å². The van der Waals surface area contributed by atoms with Gasteiger partial charge in [-0.3, -0.25) is 4.79 Å². The molecule has 0 radical (unpaired) electrons. The summed E-state index contributed by atoms with van der Waals surface area (Å²) in [6.45, 7) is 8.10. The normalized spacial score (nSPS) is 12.2. The second-order valence-corrected chi connectivity index (χ2v) is 6.25. The molecule has 20 heavy (non-hydrogen) atoms. The van der Waals surface area contributed by atoms with Crippen LogP contribution in [0, 0.1) is 20.8 Å². The summed E-state index contributed by atoms with van der Waals surface area (Å²) in [4.78, 5) is 16.4. The van der Waals surface area contributed by atoms with Gasteiger partial charge in [0.1, 0.15) is 0 Å². The Labute approximate surface area is 124 Å². The molecule has 0 fully saturated rings. The zero-order chi connectivity index (χ0) is 14.7. The highest BCUT2D eigenvalue weighted by molar-refractivity contribution is 7.09. The summed E-state index contributed by atoms with van der Waals surface area (Å²) in [6.07, 6.45) is 0.347. The van der Waals surface area contributed by atoms with Crippen molar-refractivity contribution in [3.05, 3.63) is 51.0 Å². The van der Waals surface area contributed by atoms with Crippen molar-refractivity contribution in [2.24, 2.45) is 0 Å². The minimum Gasteiger partial charge on any atom is -0.349 e. The molecule has 0 aliphatic heterocycles. The van der Waals surface area contributed by atoms with Crippen LogP contribution in [0.2, 0.25) is 0 Å². The summed E-state index contributed by atoms with van der Waals surface area (Å²) >= 11 is 1.57. The molecule has 4 heteroatoms. The molecule has 2 aromatic rings. The zero-order valence-corrected chi connectivity index (χ0v) is 13.2. The highest BCUT2D eigenvalue weighted by Gasteiger charge is 2.13. The molecule has 3 nitrogen and oxygen atoms in total. The maximum Gasteiger partial charge on any atom is 0.226 e. The first kappa shape index (κ1) is 14.7. The number of hydrogen-bond acceptors (Lipinski definition) is 3. The monoisotopic (exact) mass is 288 g/mol. The largest absolute Gasteiger partial charge is 0.349 e. The van der Waals surface area contributed by atoms with Crippen molar-refractivity contribution in [3.8, 4) is 0 Å². The number of hydrogen-bond donors (Lipinski definition) is 1. The molecule has 0 aliphatic rings. The van der Waals surface area contributed by atoms with Gasteiger partial charge in [-0.25, -0.2) is 4.98 Å². The van der Waals surface area contributed by atoms with Crippen molar-refractivity contribution in [1.29, 1.82) is 0 Å². The topological polar surface area (TPSA) is 42.0 Å². The van der Waals surface area contributed by atoms with E-state index in [1.807, 2.05) is 19.2 Å². The summed E-state index contributed by atoms with van der Waals surface area (Å²) in [6, 6.07) is 6.33. The lowest BCUT2D eigenvalue weighted by Crippen LogP contribution is -2.28. The molecular formula is C16H20N2OS. The second-order valence-electron chi connectivity index (χ2n) is 5.18. The van der Waals surface area contributed by atoms with Crippen molar-refractivity contribution < 1.29 is 4.79 Å². The van der Waals surface area contributed by atoms with E-state index < -0.39 is 0 Å². The molecule has 0 bridgehead atoms. The number of aromatic nitrogens is 1. The number of nitrogens with zero attached hydrogens (tertiary/aromatic N) is 1. The third-order valence-corrected chi connectivity index (χ3v) is 4.11. The molecule has 1 atom stereocenters. The highest BCUT2D eigenvalue weighted by Crippen LogP contribution is 2.19. The van der Waals surface area contributed by atoms with E-state index in [4.69, 9.17) is 0 Å². The van der Waals surface area contributed by atoms with Gasteiger partial charge in [-0.2, -0.15) is 0 Å². The van der Waals surface area contributed by atoms with Crippen LogP contribution in [-0.2, 0) is 11.2 Å². The molecule has 0 saturated heterocycles. The van der Waals surface area contributed by atoms with E-state index >= 15 is 0 Å². The maximum absolute atomic E-state index is 12.1. The van der Waals surface area contributed by atoms with Gasteiger partial charge in [0.2, 0.25) is 5.91 Å². The molecule has 106 valence electrons. The molecule has 1 aromatic carbocycles. The molecule has 1 N–H and O–H groups in total. The number of thiazole rings is 1. The maximum atomic E-state index is 12.1.